The maximum Gasteiger partial charge on any atom is 0.337 e. The number of fused-ring (bicyclic) bond motifs is 1. The van der Waals surface area contributed by atoms with Gasteiger partial charge in [-0.05, 0) is 73.7 Å². The number of halogens is 1. The number of hydrogen-bond donors (Lipinski definition) is 3. The third-order valence-corrected chi connectivity index (χ3v) is 6.06. The van der Waals surface area contributed by atoms with Gasteiger partial charge in [0, 0.05) is 30.0 Å². The number of aliphatic hydroxyl groups excluding tert-OH is 1. The van der Waals surface area contributed by atoms with E-state index in [1.54, 1.807) is 12.3 Å². The fourth-order valence-electron chi connectivity index (χ4n) is 3.91. The molecule has 1 aliphatic carbocycles. The van der Waals surface area contributed by atoms with Crippen molar-refractivity contribution in [3.8, 4) is 11.5 Å². The van der Waals surface area contributed by atoms with Gasteiger partial charge in [-0.15, -0.1) is 0 Å². The van der Waals surface area contributed by atoms with Gasteiger partial charge in [-0.3, -0.25) is 4.98 Å². The average molecular weight is 453 g/mol. The second-order valence-corrected chi connectivity index (χ2v) is 8.48. The van der Waals surface area contributed by atoms with E-state index in [9.17, 15) is 15.0 Å². The maximum absolute atomic E-state index is 11.3. The highest BCUT2D eigenvalue weighted by atomic mass is 35.5. The first kappa shape index (κ1) is 22.3. The summed E-state index contributed by atoms with van der Waals surface area (Å²) in [7, 11) is 0. The summed E-state index contributed by atoms with van der Waals surface area (Å²) in [6, 6.07) is 14.6. The maximum atomic E-state index is 11.3. The second kappa shape index (κ2) is 9.69. The number of aryl methyl sites for hydroxylation is 2. The molecule has 3 aromatic rings. The monoisotopic (exact) mass is 452 g/mol. The molecule has 0 amide bonds. The smallest absolute Gasteiger partial charge is 0.337 e. The molecule has 7 heteroatoms. The van der Waals surface area contributed by atoms with E-state index < -0.39 is 12.1 Å². The van der Waals surface area contributed by atoms with Gasteiger partial charge in [0.2, 0.25) is 0 Å². The van der Waals surface area contributed by atoms with Crippen LogP contribution in [-0.2, 0) is 12.8 Å². The molecule has 4 rings (SSSR count). The molecule has 0 radical (unpaired) electrons. The first-order chi connectivity index (χ1) is 15.4. The predicted octanol–water partition coefficient (Wildman–Crippen LogP) is 4.71. The molecule has 3 N–H and O–H groups in total. The zero-order valence-electron chi connectivity index (χ0n) is 17.7. The van der Waals surface area contributed by atoms with Gasteiger partial charge < -0.3 is 20.3 Å². The first-order valence-electron chi connectivity index (χ1n) is 10.6. The van der Waals surface area contributed by atoms with Crippen LogP contribution in [0.4, 0.5) is 0 Å². The van der Waals surface area contributed by atoms with E-state index in [1.807, 2.05) is 31.2 Å². The minimum absolute atomic E-state index is 0.00808. The number of hydrogen-bond acceptors (Lipinski definition) is 5. The molecule has 32 heavy (non-hydrogen) atoms. The van der Waals surface area contributed by atoms with E-state index in [1.165, 1.54) is 23.3 Å². The lowest BCUT2D eigenvalue weighted by molar-refractivity contribution is 0.0696. The normalized spacial score (nSPS) is 16.3. The summed E-state index contributed by atoms with van der Waals surface area (Å²) >= 11 is 5.94. The number of benzene rings is 2. The molecule has 1 aromatic heterocycles. The van der Waals surface area contributed by atoms with Crippen molar-refractivity contribution in [1.29, 1.82) is 0 Å². The van der Waals surface area contributed by atoms with Crippen molar-refractivity contribution in [1.82, 2.24) is 10.3 Å². The Morgan fingerprint density at radius 2 is 1.97 bits per heavy atom. The van der Waals surface area contributed by atoms with Crippen LogP contribution in [0.5, 0.6) is 11.5 Å². The Hall–Kier alpha value is -2.93. The summed E-state index contributed by atoms with van der Waals surface area (Å²) in [5.74, 6) is -0.0238. The number of nitrogens with zero attached hydrogens (tertiary/aromatic N) is 1. The SMILES string of the molecule is Cc1ccc([C@H](O)CN[C@H]2CCc3ccc(Oc4ccc(Cl)c(C(=O)O)c4)cc3C2)cn1. The number of aromatic nitrogens is 1. The van der Waals surface area contributed by atoms with Crippen LogP contribution in [0, 0.1) is 6.92 Å². The Bertz CT molecular complexity index is 1120. The Morgan fingerprint density at radius 1 is 1.19 bits per heavy atom. The second-order valence-electron chi connectivity index (χ2n) is 8.08. The highest BCUT2D eigenvalue weighted by Gasteiger charge is 2.20. The molecule has 0 saturated carbocycles. The van der Waals surface area contributed by atoms with Gasteiger partial charge in [-0.2, -0.15) is 0 Å². The molecule has 0 saturated heterocycles. The highest BCUT2D eigenvalue weighted by Crippen LogP contribution is 2.30. The van der Waals surface area contributed by atoms with Gasteiger partial charge >= 0.3 is 5.97 Å². The lowest BCUT2D eigenvalue weighted by Gasteiger charge is -2.27. The molecule has 0 spiro atoms. The van der Waals surface area contributed by atoms with E-state index >= 15 is 0 Å². The molecular formula is C25H25ClN2O4. The Labute approximate surface area is 191 Å². The van der Waals surface area contributed by atoms with E-state index in [2.05, 4.69) is 16.4 Å². The number of aliphatic hydroxyl groups is 1. The fraction of sp³-hybridized carbons (Fsp3) is 0.280. The minimum Gasteiger partial charge on any atom is -0.478 e. The lowest BCUT2D eigenvalue weighted by atomic mass is 9.88. The third kappa shape index (κ3) is 5.27. The van der Waals surface area contributed by atoms with Gasteiger partial charge in [0.05, 0.1) is 16.7 Å². The fourth-order valence-corrected chi connectivity index (χ4v) is 4.11. The summed E-state index contributed by atoms with van der Waals surface area (Å²) in [5, 5.41) is 23.3. The quantitative estimate of drug-likeness (QED) is 0.480. The van der Waals surface area contributed by atoms with Gasteiger partial charge in [-0.25, -0.2) is 4.79 Å². The standard InChI is InChI=1S/C25H25ClN2O4/c1-15-2-3-17(13-27-15)24(29)14-28-19-6-4-16-5-7-20(11-18(16)10-19)32-21-8-9-23(26)22(12-21)25(30)31/h2-3,5,7-9,11-13,19,24,28-29H,4,6,10,14H2,1H3,(H,30,31)/t19-,24+/m0/s1. The third-order valence-electron chi connectivity index (χ3n) is 5.73. The van der Waals surface area contributed by atoms with Crippen LogP contribution in [0.1, 0.15) is 45.3 Å². The predicted molar refractivity (Wildman–Crippen MR) is 123 cm³/mol. The zero-order chi connectivity index (χ0) is 22.7. The van der Waals surface area contributed by atoms with Crippen LogP contribution >= 0.6 is 11.6 Å². The van der Waals surface area contributed by atoms with Gasteiger partial charge in [0.15, 0.2) is 0 Å². The number of ether oxygens (including phenoxy) is 1. The van der Waals surface area contributed by atoms with Crippen LogP contribution in [0.2, 0.25) is 5.02 Å². The van der Waals surface area contributed by atoms with Crippen LogP contribution in [-0.4, -0.2) is 33.8 Å². The number of pyridine rings is 1. The molecule has 2 atom stereocenters. The highest BCUT2D eigenvalue weighted by molar-refractivity contribution is 6.33. The van der Waals surface area contributed by atoms with Crippen LogP contribution in [0.25, 0.3) is 0 Å². The number of carboxylic acids is 1. The number of nitrogens with one attached hydrogen (secondary N) is 1. The van der Waals surface area contributed by atoms with E-state index in [0.29, 0.717) is 18.0 Å². The topological polar surface area (TPSA) is 91.7 Å². The summed E-state index contributed by atoms with van der Waals surface area (Å²) in [4.78, 5) is 15.5. The Morgan fingerprint density at radius 3 is 2.72 bits per heavy atom. The van der Waals surface area contributed by atoms with Crippen molar-refractivity contribution in [2.24, 2.45) is 0 Å². The number of carbonyl (C=O) groups is 1. The number of carboxylic acid groups (broad SMARTS) is 1. The van der Waals surface area contributed by atoms with Crippen molar-refractivity contribution in [2.75, 3.05) is 6.54 Å². The Kier molecular flexibility index (Phi) is 6.74. The van der Waals surface area contributed by atoms with Crippen LogP contribution < -0.4 is 10.1 Å². The van der Waals surface area contributed by atoms with Crippen LogP contribution in [0.15, 0.2) is 54.7 Å². The number of aromatic carboxylic acids is 1. The van der Waals surface area contributed by atoms with Crippen molar-refractivity contribution in [3.63, 3.8) is 0 Å². The molecule has 0 aliphatic heterocycles. The molecule has 1 aliphatic rings. The summed E-state index contributed by atoms with van der Waals surface area (Å²) in [6.45, 7) is 2.38. The molecular weight excluding hydrogens is 428 g/mol. The molecule has 2 aromatic carbocycles. The van der Waals surface area contributed by atoms with Crippen LogP contribution in [0.3, 0.4) is 0 Å². The molecule has 0 unspecified atom stereocenters. The first-order valence-corrected chi connectivity index (χ1v) is 10.9. The number of rotatable bonds is 7. The van der Waals surface area contributed by atoms with Gasteiger partial charge in [0.1, 0.15) is 11.5 Å². The average Bonchev–Trinajstić information content (AvgIpc) is 2.78. The van der Waals surface area contributed by atoms with Gasteiger partial charge in [-0.1, -0.05) is 23.7 Å². The van der Waals surface area contributed by atoms with E-state index in [4.69, 9.17) is 16.3 Å². The molecule has 1 heterocycles. The summed E-state index contributed by atoms with van der Waals surface area (Å²) in [6.07, 6.45) is 3.87. The largest absolute Gasteiger partial charge is 0.478 e. The van der Waals surface area contributed by atoms with Crippen molar-refractivity contribution < 1.29 is 19.7 Å². The lowest BCUT2D eigenvalue weighted by Crippen LogP contribution is -2.37. The molecule has 166 valence electrons. The van der Waals surface area contributed by atoms with Crippen molar-refractivity contribution in [3.05, 3.63) is 87.7 Å². The summed E-state index contributed by atoms with van der Waals surface area (Å²) in [5.41, 5.74) is 4.20. The zero-order valence-corrected chi connectivity index (χ0v) is 18.5. The Balaban J connectivity index is 1.40. The molecule has 0 fully saturated rings. The molecule has 0 bridgehead atoms. The van der Waals surface area contributed by atoms with Crippen molar-refractivity contribution >= 4 is 17.6 Å². The van der Waals surface area contributed by atoms with Gasteiger partial charge in [0.25, 0.3) is 0 Å². The molecule has 6 nitrogen and oxygen atoms in total. The van der Waals surface area contributed by atoms with Crippen molar-refractivity contribution in [2.45, 2.75) is 38.3 Å². The minimum atomic E-state index is -1.09. The summed E-state index contributed by atoms with van der Waals surface area (Å²) < 4.78 is 5.90. The van der Waals surface area contributed by atoms with E-state index in [-0.39, 0.29) is 16.6 Å². The van der Waals surface area contributed by atoms with E-state index in [0.717, 1.165) is 30.5 Å².